The van der Waals surface area contributed by atoms with Gasteiger partial charge in [-0.05, 0) is 11.8 Å². The Labute approximate surface area is 109 Å². The number of nitrogen functional groups attached to an aromatic ring is 1. The summed E-state index contributed by atoms with van der Waals surface area (Å²) in [5.74, 6) is -0.702. The Morgan fingerprint density at radius 1 is 1.56 bits per heavy atom. The molecule has 18 heavy (non-hydrogen) atoms. The maximum atomic E-state index is 11.8. The quantitative estimate of drug-likeness (QED) is 0.722. The predicted molar refractivity (Wildman–Crippen MR) is 66.9 cm³/mol. The third-order valence-electron chi connectivity index (χ3n) is 1.73. The van der Waals surface area contributed by atoms with Crippen LogP contribution in [-0.2, 0) is 0 Å². The van der Waals surface area contributed by atoms with Gasteiger partial charge in [0, 0.05) is 19.3 Å². The first-order valence-corrected chi connectivity index (χ1v) is 6.56. The first-order valence-electron chi connectivity index (χ1n) is 4.76. The van der Waals surface area contributed by atoms with Gasteiger partial charge in [0.15, 0.2) is 5.13 Å². The molecule has 0 bridgehead atoms. The number of alkyl halides is 3. The van der Waals surface area contributed by atoms with E-state index in [9.17, 15) is 18.0 Å². The maximum absolute atomic E-state index is 11.8. The van der Waals surface area contributed by atoms with Crippen LogP contribution in [0, 0.1) is 0 Å². The molecule has 0 aromatic carbocycles. The van der Waals surface area contributed by atoms with E-state index >= 15 is 0 Å². The van der Waals surface area contributed by atoms with Crippen LogP contribution in [-0.4, -0.2) is 35.7 Å². The lowest BCUT2D eigenvalue weighted by molar-refractivity contribution is -0.0327. The highest BCUT2D eigenvalue weighted by atomic mass is 32.2. The van der Waals surface area contributed by atoms with Crippen molar-refractivity contribution in [3.05, 3.63) is 4.88 Å². The summed E-state index contributed by atoms with van der Waals surface area (Å²) in [6, 6.07) is 0. The molecule has 5 nitrogen and oxygen atoms in total. The summed E-state index contributed by atoms with van der Waals surface area (Å²) in [5.41, 5.74) is 1.22. The molecule has 4 N–H and O–H groups in total. The van der Waals surface area contributed by atoms with Crippen molar-refractivity contribution in [3.8, 4) is 0 Å². The van der Waals surface area contributed by atoms with Crippen LogP contribution in [0.25, 0.3) is 0 Å². The van der Waals surface area contributed by atoms with E-state index in [4.69, 9.17) is 5.73 Å². The number of rotatable bonds is 5. The summed E-state index contributed by atoms with van der Waals surface area (Å²) >= 11 is 0.857. The lowest BCUT2D eigenvalue weighted by Gasteiger charge is -2.06. The zero-order valence-corrected chi connectivity index (χ0v) is 10.9. The minimum Gasteiger partial charge on any atom is -0.382 e. The van der Waals surface area contributed by atoms with Gasteiger partial charge in [0.05, 0.1) is 0 Å². The highest BCUT2D eigenvalue weighted by Crippen LogP contribution is 2.29. The fraction of sp³-hybridized carbons (Fsp3) is 0.500. The summed E-state index contributed by atoms with van der Waals surface area (Å²) in [4.78, 5) is 15.6. The van der Waals surface area contributed by atoms with Crippen molar-refractivity contribution in [3.63, 3.8) is 0 Å². The molecule has 0 fully saturated rings. The topological polar surface area (TPSA) is 80.0 Å². The number of anilines is 2. The van der Waals surface area contributed by atoms with E-state index in [0.29, 0.717) is 5.13 Å². The van der Waals surface area contributed by atoms with Crippen molar-refractivity contribution < 1.29 is 18.0 Å². The van der Waals surface area contributed by atoms with Gasteiger partial charge in [-0.2, -0.15) is 13.2 Å². The number of thioether (sulfide) groups is 1. The zero-order valence-electron chi connectivity index (χ0n) is 9.30. The number of nitrogens with two attached hydrogens (primary N) is 1. The van der Waals surface area contributed by atoms with Gasteiger partial charge in [-0.3, -0.25) is 4.79 Å². The molecule has 0 aliphatic heterocycles. The fourth-order valence-electron chi connectivity index (χ4n) is 1.01. The fourth-order valence-corrected chi connectivity index (χ4v) is 2.20. The van der Waals surface area contributed by atoms with Gasteiger partial charge >= 0.3 is 5.51 Å². The number of aromatic nitrogens is 1. The number of thiazole rings is 1. The number of nitrogens with one attached hydrogen (secondary N) is 2. The van der Waals surface area contributed by atoms with Gasteiger partial charge in [0.25, 0.3) is 5.91 Å². The number of carbonyl (C=O) groups is 1. The second-order valence-electron chi connectivity index (χ2n) is 3.03. The molecule has 0 saturated heterocycles. The van der Waals surface area contributed by atoms with Crippen LogP contribution >= 0.6 is 23.1 Å². The summed E-state index contributed by atoms with van der Waals surface area (Å²) in [6.07, 6.45) is 0. The van der Waals surface area contributed by atoms with E-state index in [2.05, 4.69) is 15.6 Å². The van der Waals surface area contributed by atoms with Gasteiger partial charge in [0.2, 0.25) is 0 Å². The maximum Gasteiger partial charge on any atom is 0.441 e. The largest absolute Gasteiger partial charge is 0.441 e. The van der Waals surface area contributed by atoms with Crippen LogP contribution in [0.1, 0.15) is 9.67 Å². The third kappa shape index (κ3) is 4.61. The molecule has 1 aromatic rings. The molecular formula is C8H11F3N4OS2. The molecule has 0 saturated carbocycles. The van der Waals surface area contributed by atoms with Crippen molar-refractivity contribution in [2.45, 2.75) is 5.51 Å². The standard InChI is InChI=1S/C8H11F3N4OS2/c1-13-7-15-5(12)4(18-7)6(16)14-2-3-17-8(9,10)11/h2-3,12H2,1H3,(H,13,15)(H,14,16). The molecule has 1 aromatic heterocycles. The van der Waals surface area contributed by atoms with E-state index in [1.54, 1.807) is 7.05 Å². The molecule has 0 atom stereocenters. The van der Waals surface area contributed by atoms with Crippen molar-refractivity contribution in [2.24, 2.45) is 0 Å². The van der Waals surface area contributed by atoms with Crippen LogP contribution in [0.15, 0.2) is 0 Å². The first-order chi connectivity index (χ1) is 8.33. The highest BCUT2D eigenvalue weighted by Gasteiger charge is 2.27. The minimum atomic E-state index is -4.28. The molecular weight excluding hydrogens is 289 g/mol. The molecule has 0 aliphatic rings. The van der Waals surface area contributed by atoms with Crippen LogP contribution in [0.5, 0.6) is 0 Å². The Morgan fingerprint density at radius 2 is 2.22 bits per heavy atom. The summed E-state index contributed by atoms with van der Waals surface area (Å²) in [6.45, 7) is -0.0881. The number of carbonyl (C=O) groups excluding carboxylic acids is 1. The number of amides is 1. The SMILES string of the molecule is CNc1nc(N)c(C(=O)NCCSC(F)(F)F)s1. The van der Waals surface area contributed by atoms with Gasteiger partial charge in [0.1, 0.15) is 10.7 Å². The van der Waals surface area contributed by atoms with Crippen LogP contribution in [0.2, 0.25) is 0 Å². The zero-order chi connectivity index (χ0) is 13.8. The molecule has 0 spiro atoms. The van der Waals surface area contributed by atoms with Crippen LogP contribution in [0.3, 0.4) is 0 Å². The molecule has 0 aliphatic carbocycles. The van der Waals surface area contributed by atoms with Crippen LogP contribution < -0.4 is 16.4 Å². The van der Waals surface area contributed by atoms with E-state index in [1.165, 1.54) is 0 Å². The van der Waals surface area contributed by atoms with Gasteiger partial charge in [-0.25, -0.2) is 4.98 Å². The molecule has 1 heterocycles. The second-order valence-corrected chi connectivity index (χ2v) is 5.19. The Bertz CT molecular complexity index is 421. The smallest absolute Gasteiger partial charge is 0.382 e. The number of halogens is 3. The van der Waals surface area contributed by atoms with E-state index < -0.39 is 11.4 Å². The lowest BCUT2D eigenvalue weighted by Crippen LogP contribution is -2.26. The van der Waals surface area contributed by atoms with E-state index in [1.807, 2.05) is 0 Å². The van der Waals surface area contributed by atoms with E-state index in [0.717, 1.165) is 11.3 Å². The highest BCUT2D eigenvalue weighted by molar-refractivity contribution is 8.00. The van der Waals surface area contributed by atoms with Crippen molar-refractivity contribution in [2.75, 3.05) is 30.4 Å². The monoisotopic (exact) mass is 300 g/mol. The van der Waals surface area contributed by atoms with Gasteiger partial charge in [-0.15, -0.1) is 0 Å². The molecule has 0 unspecified atom stereocenters. The number of nitrogens with zero attached hydrogens (tertiary/aromatic N) is 1. The molecule has 1 rings (SSSR count). The van der Waals surface area contributed by atoms with Crippen molar-refractivity contribution in [1.29, 1.82) is 0 Å². The predicted octanol–water partition coefficient (Wildman–Crippen LogP) is 1.75. The normalized spacial score (nSPS) is 11.3. The molecule has 1 amide bonds. The Kier molecular flexibility index (Phi) is 5.08. The van der Waals surface area contributed by atoms with Crippen LogP contribution in [0.4, 0.5) is 24.1 Å². The summed E-state index contributed by atoms with van der Waals surface area (Å²) < 4.78 is 35.5. The molecule has 0 radical (unpaired) electrons. The Morgan fingerprint density at radius 3 is 2.72 bits per heavy atom. The Balaban J connectivity index is 2.43. The molecule has 10 heteroatoms. The lowest BCUT2D eigenvalue weighted by atomic mass is 10.4. The Hall–Kier alpha value is -1.16. The number of hydrogen-bond donors (Lipinski definition) is 3. The van der Waals surface area contributed by atoms with Gasteiger partial charge < -0.3 is 16.4 Å². The third-order valence-corrected chi connectivity index (χ3v) is 3.55. The number of hydrogen-bond acceptors (Lipinski definition) is 6. The average molecular weight is 300 g/mol. The summed E-state index contributed by atoms with van der Waals surface area (Å²) in [5, 5.41) is 5.55. The molecule has 102 valence electrons. The average Bonchev–Trinajstić information content (AvgIpc) is 2.64. The first kappa shape index (κ1) is 14.9. The minimum absolute atomic E-state index is 0.0605. The van der Waals surface area contributed by atoms with Crippen molar-refractivity contribution >= 4 is 40.0 Å². The second kappa shape index (κ2) is 6.14. The van der Waals surface area contributed by atoms with E-state index in [-0.39, 0.29) is 34.8 Å². The van der Waals surface area contributed by atoms with Crippen molar-refractivity contribution in [1.82, 2.24) is 10.3 Å². The summed E-state index contributed by atoms with van der Waals surface area (Å²) in [7, 11) is 1.62. The van der Waals surface area contributed by atoms with Gasteiger partial charge in [-0.1, -0.05) is 11.3 Å².